The Balaban J connectivity index is 1.47. The Kier molecular flexibility index (Phi) is 6.43. The Bertz CT molecular complexity index is 1170. The summed E-state index contributed by atoms with van der Waals surface area (Å²) in [7, 11) is 0. The van der Waals surface area contributed by atoms with Crippen LogP contribution in [0.2, 0.25) is 0 Å². The SMILES string of the molecule is O=C(CNC(=O)c1cccc(Br)c1)N[C@@H](Cc1ccccc1)c1nc2ccccc2[nH]1. The molecule has 0 radical (unpaired) electrons. The lowest BCUT2D eigenvalue weighted by Crippen LogP contribution is -2.39. The minimum absolute atomic E-state index is 0.128. The van der Waals surface area contributed by atoms with E-state index in [2.05, 4.69) is 36.5 Å². The fourth-order valence-corrected chi connectivity index (χ4v) is 3.74. The molecule has 0 saturated heterocycles. The Morgan fingerprint density at radius 3 is 2.52 bits per heavy atom. The number of nitrogens with one attached hydrogen (secondary N) is 3. The first-order chi connectivity index (χ1) is 15.1. The van der Waals surface area contributed by atoms with Gasteiger partial charge in [-0.1, -0.05) is 64.5 Å². The highest BCUT2D eigenvalue weighted by Gasteiger charge is 2.19. The molecule has 3 N–H and O–H groups in total. The summed E-state index contributed by atoms with van der Waals surface area (Å²) >= 11 is 3.35. The third-order valence-electron chi connectivity index (χ3n) is 4.85. The van der Waals surface area contributed by atoms with Crippen LogP contribution in [0.5, 0.6) is 0 Å². The molecule has 0 fully saturated rings. The van der Waals surface area contributed by atoms with Crippen LogP contribution in [-0.2, 0) is 11.2 Å². The summed E-state index contributed by atoms with van der Waals surface area (Å²) in [6, 6.07) is 24.3. The molecule has 0 aliphatic carbocycles. The molecule has 31 heavy (non-hydrogen) atoms. The van der Waals surface area contributed by atoms with E-state index >= 15 is 0 Å². The van der Waals surface area contributed by atoms with E-state index in [4.69, 9.17) is 0 Å². The molecular weight excluding hydrogens is 456 g/mol. The molecule has 3 aromatic carbocycles. The first-order valence-corrected chi connectivity index (χ1v) is 10.7. The van der Waals surface area contributed by atoms with Gasteiger partial charge in [0.1, 0.15) is 5.82 Å². The second kappa shape index (κ2) is 9.57. The fourth-order valence-electron chi connectivity index (χ4n) is 3.34. The van der Waals surface area contributed by atoms with Crippen molar-refractivity contribution in [1.82, 2.24) is 20.6 Å². The van der Waals surface area contributed by atoms with E-state index in [0.29, 0.717) is 17.8 Å². The van der Waals surface area contributed by atoms with Crippen LogP contribution in [0.25, 0.3) is 11.0 Å². The van der Waals surface area contributed by atoms with Crippen LogP contribution in [0.4, 0.5) is 0 Å². The van der Waals surface area contributed by atoms with Crippen molar-refractivity contribution >= 4 is 38.8 Å². The molecule has 0 spiro atoms. The number of aromatic nitrogens is 2. The van der Waals surface area contributed by atoms with Crippen LogP contribution in [-0.4, -0.2) is 28.3 Å². The molecule has 156 valence electrons. The molecule has 6 nitrogen and oxygen atoms in total. The molecule has 7 heteroatoms. The number of halogens is 1. The number of hydrogen-bond donors (Lipinski definition) is 3. The number of carbonyl (C=O) groups is 2. The molecular formula is C24H21BrN4O2. The molecule has 1 aromatic heterocycles. The van der Waals surface area contributed by atoms with E-state index in [9.17, 15) is 9.59 Å². The topological polar surface area (TPSA) is 86.9 Å². The van der Waals surface area contributed by atoms with Gasteiger partial charge in [-0.3, -0.25) is 9.59 Å². The summed E-state index contributed by atoms with van der Waals surface area (Å²) in [5, 5.41) is 5.68. The second-order valence-electron chi connectivity index (χ2n) is 7.14. The quantitative estimate of drug-likeness (QED) is 0.374. The van der Waals surface area contributed by atoms with Crippen LogP contribution in [0.1, 0.15) is 27.8 Å². The lowest BCUT2D eigenvalue weighted by Gasteiger charge is -2.17. The average Bonchev–Trinajstić information content (AvgIpc) is 3.22. The van der Waals surface area contributed by atoms with Crippen LogP contribution in [0, 0.1) is 0 Å². The molecule has 0 aliphatic heterocycles. The van der Waals surface area contributed by atoms with E-state index in [0.717, 1.165) is 21.1 Å². The maximum absolute atomic E-state index is 12.7. The molecule has 4 rings (SSSR count). The summed E-state index contributed by atoms with van der Waals surface area (Å²) in [6.45, 7) is -0.128. The fraction of sp³-hybridized carbons (Fsp3) is 0.125. The zero-order valence-corrected chi connectivity index (χ0v) is 18.2. The highest BCUT2D eigenvalue weighted by atomic mass is 79.9. The number of hydrogen-bond acceptors (Lipinski definition) is 3. The van der Waals surface area contributed by atoms with Gasteiger partial charge in [0.2, 0.25) is 5.91 Å². The predicted molar refractivity (Wildman–Crippen MR) is 124 cm³/mol. The monoisotopic (exact) mass is 476 g/mol. The summed E-state index contributed by atoms with van der Waals surface area (Å²) < 4.78 is 0.803. The maximum Gasteiger partial charge on any atom is 0.251 e. The number of para-hydroxylation sites is 2. The molecule has 4 aromatic rings. The van der Waals surface area contributed by atoms with Gasteiger partial charge in [0, 0.05) is 10.0 Å². The van der Waals surface area contributed by atoms with Gasteiger partial charge in [0.05, 0.1) is 23.6 Å². The van der Waals surface area contributed by atoms with Gasteiger partial charge in [0.25, 0.3) is 5.91 Å². The summed E-state index contributed by atoms with van der Waals surface area (Å²) in [4.78, 5) is 32.9. The molecule has 0 saturated carbocycles. The average molecular weight is 477 g/mol. The third-order valence-corrected chi connectivity index (χ3v) is 5.35. The number of rotatable bonds is 7. The number of amides is 2. The van der Waals surface area contributed by atoms with Gasteiger partial charge in [0.15, 0.2) is 0 Å². The third kappa shape index (κ3) is 5.38. The molecule has 0 unspecified atom stereocenters. The number of nitrogens with zero attached hydrogens (tertiary/aromatic N) is 1. The van der Waals surface area contributed by atoms with Crippen molar-refractivity contribution in [2.24, 2.45) is 0 Å². The Hall–Kier alpha value is -3.45. The zero-order chi connectivity index (χ0) is 21.6. The van der Waals surface area contributed by atoms with Crippen molar-refractivity contribution in [2.45, 2.75) is 12.5 Å². The molecule has 1 atom stereocenters. The van der Waals surface area contributed by atoms with Gasteiger partial charge in [-0.25, -0.2) is 4.98 Å². The minimum Gasteiger partial charge on any atom is -0.344 e. The lowest BCUT2D eigenvalue weighted by atomic mass is 10.1. The smallest absolute Gasteiger partial charge is 0.251 e. The molecule has 2 amide bonds. The van der Waals surface area contributed by atoms with Crippen molar-refractivity contribution in [2.75, 3.05) is 6.54 Å². The minimum atomic E-state index is -0.356. The van der Waals surface area contributed by atoms with Crippen molar-refractivity contribution in [3.05, 3.63) is 100 Å². The highest BCUT2D eigenvalue weighted by molar-refractivity contribution is 9.10. The standard InChI is InChI=1S/C24H21BrN4O2/c25-18-10-6-9-17(14-18)24(31)26-15-22(30)27-21(13-16-7-2-1-3-8-16)23-28-19-11-4-5-12-20(19)29-23/h1-12,14,21H,13,15H2,(H,26,31)(H,27,30)(H,28,29)/t21-/m0/s1. The van der Waals surface area contributed by atoms with Gasteiger partial charge in [-0.05, 0) is 42.3 Å². The lowest BCUT2D eigenvalue weighted by molar-refractivity contribution is -0.120. The van der Waals surface area contributed by atoms with Gasteiger partial charge >= 0.3 is 0 Å². The van der Waals surface area contributed by atoms with Crippen LogP contribution in [0.3, 0.4) is 0 Å². The van der Waals surface area contributed by atoms with E-state index in [-0.39, 0.29) is 24.4 Å². The van der Waals surface area contributed by atoms with E-state index in [1.807, 2.05) is 60.7 Å². The largest absolute Gasteiger partial charge is 0.344 e. The number of benzene rings is 3. The van der Waals surface area contributed by atoms with Gasteiger partial charge in [-0.15, -0.1) is 0 Å². The summed E-state index contributed by atoms with van der Waals surface area (Å²) in [5.74, 6) is 0.0845. The van der Waals surface area contributed by atoms with Crippen molar-refractivity contribution in [3.63, 3.8) is 0 Å². The summed E-state index contributed by atoms with van der Waals surface area (Å²) in [6.07, 6.45) is 0.575. The molecule has 1 heterocycles. The van der Waals surface area contributed by atoms with Gasteiger partial charge in [-0.2, -0.15) is 0 Å². The maximum atomic E-state index is 12.7. The van der Waals surface area contributed by atoms with E-state index < -0.39 is 0 Å². The first kappa shape index (κ1) is 20.8. The number of imidazole rings is 1. The highest BCUT2D eigenvalue weighted by Crippen LogP contribution is 2.20. The van der Waals surface area contributed by atoms with Gasteiger partial charge < -0.3 is 15.6 Å². The Labute approximate surface area is 188 Å². The normalized spacial score (nSPS) is 11.8. The zero-order valence-electron chi connectivity index (χ0n) is 16.6. The second-order valence-corrected chi connectivity index (χ2v) is 8.06. The Morgan fingerprint density at radius 1 is 0.968 bits per heavy atom. The van der Waals surface area contributed by atoms with Crippen molar-refractivity contribution in [1.29, 1.82) is 0 Å². The number of aromatic amines is 1. The van der Waals surface area contributed by atoms with E-state index in [1.165, 1.54) is 0 Å². The number of fused-ring (bicyclic) bond motifs is 1. The van der Waals surface area contributed by atoms with Crippen LogP contribution < -0.4 is 10.6 Å². The van der Waals surface area contributed by atoms with E-state index in [1.54, 1.807) is 18.2 Å². The molecule has 0 bridgehead atoms. The number of H-pyrrole nitrogens is 1. The Morgan fingerprint density at radius 2 is 1.74 bits per heavy atom. The first-order valence-electron chi connectivity index (χ1n) is 9.90. The predicted octanol–water partition coefficient (Wildman–Crippen LogP) is 4.16. The van der Waals surface area contributed by atoms with Crippen molar-refractivity contribution < 1.29 is 9.59 Å². The summed E-state index contributed by atoms with van der Waals surface area (Å²) in [5.41, 5.74) is 3.31. The van der Waals surface area contributed by atoms with Crippen LogP contribution in [0.15, 0.2) is 83.3 Å². The van der Waals surface area contributed by atoms with Crippen molar-refractivity contribution in [3.8, 4) is 0 Å². The number of carbonyl (C=O) groups excluding carboxylic acids is 2. The molecule has 0 aliphatic rings. The van der Waals surface area contributed by atoms with Crippen LogP contribution >= 0.6 is 15.9 Å².